The Kier molecular flexibility index (Phi) is 8.27. The number of aromatic nitrogens is 1. The molecule has 1 aliphatic rings. The van der Waals surface area contributed by atoms with E-state index in [1.165, 1.54) is 0 Å². The normalized spacial score (nSPS) is 18.1. The van der Waals surface area contributed by atoms with Crippen molar-refractivity contribution in [2.75, 3.05) is 19.6 Å². The fraction of sp³-hybridized carbons (Fsp3) is 0.667. The monoisotopic (exact) mass is 350 g/mol. The van der Waals surface area contributed by atoms with Gasteiger partial charge in [0.2, 0.25) is 5.91 Å². The summed E-state index contributed by atoms with van der Waals surface area (Å²) in [5.41, 5.74) is 6.08. The van der Waals surface area contributed by atoms with E-state index in [2.05, 4.69) is 10.3 Å². The molecule has 2 rings (SSSR count). The van der Waals surface area contributed by atoms with Gasteiger partial charge in [-0.3, -0.25) is 15.1 Å². The molecule has 1 saturated heterocycles. The maximum Gasteiger partial charge on any atom is 0.242 e. The predicted octanol–water partition coefficient (Wildman–Crippen LogP) is 0.533. The van der Waals surface area contributed by atoms with Gasteiger partial charge >= 0.3 is 0 Å². The van der Waals surface area contributed by atoms with Crippen molar-refractivity contribution < 1.29 is 15.0 Å². The summed E-state index contributed by atoms with van der Waals surface area (Å²) in [6.07, 6.45) is 6.44. The van der Waals surface area contributed by atoms with Gasteiger partial charge in [0.15, 0.2) is 0 Å². The summed E-state index contributed by atoms with van der Waals surface area (Å²) in [5.74, 6) is -0.164. The van der Waals surface area contributed by atoms with Crippen LogP contribution in [0.5, 0.6) is 0 Å². The van der Waals surface area contributed by atoms with Gasteiger partial charge < -0.3 is 20.8 Å². The Hall–Kier alpha value is -1.54. The Morgan fingerprint density at radius 3 is 2.52 bits per heavy atom. The molecule has 1 aromatic heterocycles. The average molecular weight is 350 g/mol. The van der Waals surface area contributed by atoms with Crippen LogP contribution < -0.4 is 11.1 Å². The predicted molar refractivity (Wildman–Crippen MR) is 95.5 cm³/mol. The highest BCUT2D eigenvalue weighted by atomic mass is 16.3. The molecular formula is C18H30N4O3. The zero-order valence-corrected chi connectivity index (χ0v) is 14.7. The quantitative estimate of drug-likeness (QED) is 0.362. The lowest BCUT2D eigenvalue weighted by Gasteiger charge is -2.30. The van der Waals surface area contributed by atoms with Gasteiger partial charge in [0, 0.05) is 25.5 Å². The van der Waals surface area contributed by atoms with Gasteiger partial charge in [-0.25, -0.2) is 0 Å². The number of pyridine rings is 1. The Morgan fingerprint density at radius 1 is 1.20 bits per heavy atom. The van der Waals surface area contributed by atoms with Gasteiger partial charge in [-0.15, -0.1) is 0 Å². The lowest BCUT2D eigenvalue weighted by atomic mass is 10.0. The molecule has 0 spiro atoms. The standard InChI is InChI=1S/C18H30N4O3/c19-9-3-1-2-6-15(23)21-16(18(25)22-12-4-5-13-22)17(24)14-7-10-20-11-8-14/h7-8,10-11,15-17,21,23-24H,1-6,9,12-13,19H2/t15?,16-,17+/m1/s1. The molecule has 140 valence electrons. The fourth-order valence-corrected chi connectivity index (χ4v) is 3.13. The number of hydrogen-bond donors (Lipinski definition) is 4. The molecule has 1 aromatic rings. The van der Waals surface area contributed by atoms with Crippen molar-refractivity contribution in [3.63, 3.8) is 0 Å². The van der Waals surface area contributed by atoms with Crippen LogP contribution in [0.4, 0.5) is 0 Å². The van der Waals surface area contributed by atoms with Crippen molar-refractivity contribution in [2.24, 2.45) is 5.73 Å². The van der Waals surface area contributed by atoms with Gasteiger partial charge in [0.05, 0.1) is 0 Å². The third-order valence-corrected chi connectivity index (χ3v) is 4.60. The largest absolute Gasteiger partial charge is 0.386 e. The molecule has 2 heterocycles. The highest BCUT2D eigenvalue weighted by molar-refractivity contribution is 5.83. The summed E-state index contributed by atoms with van der Waals surface area (Å²) in [6.45, 7) is 2.04. The molecule has 1 amide bonds. The molecule has 0 radical (unpaired) electrons. The number of nitrogens with two attached hydrogens (primary N) is 1. The average Bonchev–Trinajstić information content (AvgIpc) is 3.18. The van der Waals surface area contributed by atoms with Gasteiger partial charge in [-0.05, 0) is 56.3 Å². The molecule has 1 unspecified atom stereocenters. The zero-order valence-electron chi connectivity index (χ0n) is 14.7. The second kappa shape index (κ2) is 10.5. The van der Waals surface area contributed by atoms with E-state index in [0.29, 0.717) is 31.6 Å². The Morgan fingerprint density at radius 2 is 1.88 bits per heavy atom. The number of aliphatic hydroxyl groups is 2. The van der Waals surface area contributed by atoms with Crippen LogP contribution in [0.3, 0.4) is 0 Å². The fourth-order valence-electron chi connectivity index (χ4n) is 3.13. The SMILES string of the molecule is NCCCCCC(O)N[C@@H](C(=O)N1CCCC1)[C@@H](O)c1ccncc1. The van der Waals surface area contributed by atoms with Gasteiger partial charge in [0.1, 0.15) is 18.4 Å². The van der Waals surface area contributed by atoms with Crippen molar-refractivity contribution in [1.29, 1.82) is 0 Å². The van der Waals surface area contributed by atoms with Gasteiger partial charge in [-0.1, -0.05) is 6.42 Å². The number of likely N-dealkylation sites (tertiary alicyclic amines) is 1. The Bertz CT molecular complexity index is 508. The highest BCUT2D eigenvalue weighted by Crippen LogP contribution is 2.20. The highest BCUT2D eigenvalue weighted by Gasteiger charge is 2.33. The molecule has 0 aromatic carbocycles. The number of carbonyl (C=O) groups is 1. The third-order valence-electron chi connectivity index (χ3n) is 4.60. The first-order chi connectivity index (χ1) is 12.1. The van der Waals surface area contributed by atoms with E-state index in [9.17, 15) is 15.0 Å². The lowest BCUT2D eigenvalue weighted by Crippen LogP contribution is -2.52. The summed E-state index contributed by atoms with van der Waals surface area (Å²) in [5, 5.41) is 23.9. The molecule has 0 bridgehead atoms. The van der Waals surface area contributed by atoms with E-state index in [4.69, 9.17) is 5.73 Å². The van der Waals surface area contributed by atoms with Crippen LogP contribution in [-0.2, 0) is 4.79 Å². The number of amides is 1. The lowest BCUT2D eigenvalue weighted by molar-refractivity contribution is -0.137. The molecule has 7 heteroatoms. The molecule has 1 aliphatic heterocycles. The Labute approximate surface area is 149 Å². The summed E-state index contributed by atoms with van der Waals surface area (Å²) in [6, 6.07) is 2.50. The van der Waals surface area contributed by atoms with Crippen LogP contribution in [0.1, 0.15) is 50.2 Å². The van der Waals surface area contributed by atoms with Crippen LogP contribution in [0.15, 0.2) is 24.5 Å². The summed E-state index contributed by atoms with van der Waals surface area (Å²) in [7, 11) is 0. The molecular weight excluding hydrogens is 320 g/mol. The minimum Gasteiger partial charge on any atom is -0.386 e. The van der Waals surface area contributed by atoms with E-state index in [0.717, 1.165) is 32.1 Å². The van der Waals surface area contributed by atoms with Gasteiger partial charge in [-0.2, -0.15) is 0 Å². The van der Waals surface area contributed by atoms with E-state index >= 15 is 0 Å². The van der Waals surface area contributed by atoms with Crippen molar-refractivity contribution >= 4 is 5.91 Å². The number of aliphatic hydroxyl groups excluding tert-OH is 2. The van der Waals surface area contributed by atoms with Crippen LogP contribution in [-0.4, -0.2) is 57.9 Å². The van der Waals surface area contributed by atoms with E-state index in [1.807, 2.05) is 0 Å². The molecule has 5 N–H and O–H groups in total. The first-order valence-electron chi connectivity index (χ1n) is 9.14. The number of hydrogen-bond acceptors (Lipinski definition) is 6. The number of unbranched alkanes of at least 4 members (excludes halogenated alkanes) is 2. The summed E-state index contributed by atoms with van der Waals surface area (Å²) < 4.78 is 0. The third kappa shape index (κ3) is 6.04. The van der Waals surface area contributed by atoms with Crippen LogP contribution in [0.2, 0.25) is 0 Å². The molecule has 0 saturated carbocycles. The minimum atomic E-state index is -1.03. The van der Waals surface area contributed by atoms with Crippen molar-refractivity contribution in [2.45, 2.75) is 56.9 Å². The van der Waals surface area contributed by atoms with E-state index in [-0.39, 0.29) is 5.91 Å². The van der Waals surface area contributed by atoms with E-state index in [1.54, 1.807) is 29.4 Å². The molecule has 7 nitrogen and oxygen atoms in total. The second-order valence-electron chi connectivity index (χ2n) is 6.56. The second-order valence-corrected chi connectivity index (χ2v) is 6.56. The number of nitrogens with zero attached hydrogens (tertiary/aromatic N) is 2. The topological polar surface area (TPSA) is 112 Å². The maximum absolute atomic E-state index is 12.8. The first kappa shape index (κ1) is 19.8. The van der Waals surface area contributed by atoms with Crippen LogP contribution in [0.25, 0.3) is 0 Å². The van der Waals surface area contributed by atoms with Crippen molar-refractivity contribution in [1.82, 2.24) is 15.2 Å². The number of nitrogens with one attached hydrogen (secondary N) is 1. The van der Waals surface area contributed by atoms with Crippen molar-refractivity contribution in [3.05, 3.63) is 30.1 Å². The minimum absolute atomic E-state index is 0.164. The molecule has 25 heavy (non-hydrogen) atoms. The number of carbonyl (C=O) groups excluding carboxylic acids is 1. The van der Waals surface area contributed by atoms with Gasteiger partial charge in [0.25, 0.3) is 0 Å². The molecule has 1 fully saturated rings. The van der Waals surface area contributed by atoms with Crippen LogP contribution >= 0.6 is 0 Å². The number of rotatable bonds is 10. The Balaban J connectivity index is 2.02. The summed E-state index contributed by atoms with van der Waals surface area (Å²) >= 11 is 0. The van der Waals surface area contributed by atoms with E-state index < -0.39 is 18.4 Å². The molecule has 0 aliphatic carbocycles. The molecule has 3 atom stereocenters. The summed E-state index contributed by atoms with van der Waals surface area (Å²) in [4.78, 5) is 18.5. The maximum atomic E-state index is 12.8. The van der Waals surface area contributed by atoms with Crippen LogP contribution in [0, 0.1) is 0 Å². The zero-order chi connectivity index (χ0) is 18.1. The van der Waals surface area contributed by atoms with Crippen molar-refractivity contribution in [3.8, 4) is 0 Å². The first-order valence-corrected chi connectivity index (χ1v) is 9.14. The smallest absolute Gasteiger partial charge is 0.242 e.